The first-order chi connectivity index (χ1) is 8.54. The Balaban J connectivity index is 2.20. The van der Waals surface area contributed by atoms with Gasteiger partial charge in [0, 0.05) is 18.7 Å². The Kier molecular flexibility index (Phi) is 3.73. The third kappa shape index (κ3) is 2.57. The standard InChI is InChI=1S/C13H20N2O3/c1-13(2)9-14-12(17)11(5-6-16)15(13)8-10-4-3-7-18-10/h3-4,7,11,16H,5-6,8-9H2,1-2H3,(H,14,17). The minimum atomic E-state index is -0.302. The van der Waals surface area contributed by atoms with Crippen molar-refractivity contribution < 1.29 is 14.3 Å². The summed E-state index contributed by atoms with van der Waals surface area (Å²) >= 11 is 0. The van der Waals surface area contributed by atoms with E-state index in [0.717, 1.165) is 5.76 Å². The van der Waals surface area contributed by atoms with Crippen LogP contribution in [0.3, 0.4) is 0 Å². The van der Waals surface area contributed by atoms with Crippen molar-refractivity contribution >= 4 is 5.91 Å². The number of amides is 1. The highest BCUT2D eigenvalue weighted by Gasteiger charge is 2.40. The molecule has 1 amide bonds. The number of aliphatic hydroxyl groups excluding tert-OH is 1. The highest BCUT2D eigenvalue weighted by Crippen LogP contribution is 2.25. The van der Waals surface area contributed by atoms with Crippen molar-refractivity contribution in [2.45, 2.75) is 38.4 Å². The van der Waals surface area contributed by atoms with Gasteiger partial charge in [0.1, 0.15) is 5.76 Å². The van der Waals surface area contributed by atoms with E-state index in [0.29, 0.717) is 19.5 Å². The summed E-state index contributed by atoms with van der Waals surface area (Å²) in [6.07, 6.45) is 2.07. The number of nitrogens with one attached hydrogen (secondary N) is 1. The molecule has 18 heavy (non-hydrogen) atoms. The van der Waals surface area contributed by atoms with Crippen LogP contribution in [0.15, 0.2) is 22.8 Å². The lowest BCUT2D eigenvalue weighted by atomic mass is 9.94. The highest BCUT2D eigenvalue weighted by molar-refractivity contribution is 5.82. The molecular weight excluding hydrogens is 232 g/mol. The van der Waals surface area contributed by atoms with Gasteiger partial charge in [-0.25, -0.2) is 0 Å². The van der Waals surface area contributed by atoms with Crippen LogP contribution in [0.4, 0.5) is 0 Å². The first-order valence-electron chi connectivity index (χ1n) is 6.22. The normalized spacial score (nSPS) is 23.9. The molecule has 0 saturated carbocycles. The average molecular weight is 252 g/mol. The van der Waals surface area contributed by atoms with E-state index in [9.17, 15) is 4.79 Å². The quantitative estimate of drug-likeness (QED) is 0.829. The molecule has 1 aromatic heterocycles. The van der Waals surface area contributed by atoms with E-state index in [1.807, 2.05) is 12.1 Å². The number of furan rings is 1. The summed E-state index contributed by atoms with van der Waals surface area (Å²) in [7, 11) is 0. The third-order valence-electron chi connectivity index (χ3n) is 3.46. The number of hydrogen-bond acceptors (Lipinski definition) is 4. The van der Waals surface area contributed by atoms with Crippen LogP contribution in [0.2, 0.25) is 0 Å². The minimum Gasteiger partial charge on any atom is -0.468 e. The Morgan fingerprint density at radius 1 is 1.61 bits per heavy atom. The van der Waals surface area contributed by atoms with Crippen molar-refractivity contribution in [1.82, 2.24) is 10.2 Å². The van der Waals surface area contributed by atoms with Crippen LogP contribution in [0.1, 0.15) is 26.0 Å². The molecule has 100 valence electrons. The van der Waals surface area contributed by atoms with Gasteiger partial charge >= 0.3 is 0 Å². The zero-order valence-corrected chi connectivity index (χ0v) is 10.8. The fourth-order valence-electron chi connectivity index (χ4n) is 2.39. The Morgan fingerprint density at radius 2 is 2.39 bits per heavy atom. The van der Waals surface area contributed by atoms with Crippen molar-refractivity contribution in [3.05, 3.63) is 24.2 Å². The first kappa shape index (κ1) is 13.1. The molecule has 1 unspecified atom stereocenters. The number of rotatable bonds is 4. The smallest absolute Gasteiger partial charge is 0.237 e. The third-order valence-corrected chi connectivity index (χ3v) is 3.46. The molecule has 1 atom stereocenters. The van der Waals surface area contributed by atoms with E-state index in [4.69, 9.17) is 9.52 Å². The molecule has 2 rings (SSSR count). The van der Waals surface area contributed by atoms with Crippen molar-refractivity contribution in [3.63, 3.8) is 0 Å². The van der Waals surface area contributed by atoms with Gasteiger partial charge in [-0.3, -0.25) is 9.69 Å². The molecule has 1 aliphatic rings. The van der Waals surface area contributed by atoms with Crippen LogP contribution >= 0.6 is 0 Å². The van der Waals surface area contributed by atoms with Gasteiger partial charge in [0.2, 0.25) is 5.91 Å². The van der Waals surface area contributed by atoms with E-state index < -0.39 is 0 Å². The summed E-state index contributed by atoms with van der Waals surface area (Å²) < 4.78 is 5.36. The average Bonchev–Trinajstić information content (AvgIpc) is 2.82. The maximum Gasteiger partial charge on any atom is 0.237 e. The number of piperazine rings is 1. The molecule has 0 spiro atoms. The Hall–Kier alpha value is -1.33. The van der Waals surface area contributed by atoms with Crippen LogP contribution in [0.25, 0.3) is 0 Å². The predicted molar refractivity (Wildman–Crippen MR) is 66.8 cm³/mol. The summed E-state index contributed by atoms with van der Waals surface area (Å²) in [6, 6.07) is 3.44. The zero-order valence-electron chi connectivity index (χ0n) is 10.8. The maximum absolute atomic E-state index is 11.9. The number of carbonyl (C=O) groups is 1. The van der Waals surface area contributed by atoms with E-state index in [1.54, 1.807) is 6.26 Å². The molecule has 2 heterocycles. The van der Waals surface area contributed by atoms with Crippen LogP contribution in [-0.4, -0.2) is 40.6 Å². The molecular formula is C13H20N2O3. The van der Waals surface area contributed by atoms with Gasteiger partial charge in [-0.05, 0) is 32.4 Å². The summed E-state index contributed by atoms with van der Waals surface area (Å²) in [4.78, 5) is 14.0. The molecule has 1 aromatic rings. The van der Waals surface area contributed by atoms with E-state index in [2.05, 4.69) is 24.1 Å². The lowest BCUT2D eigenvalue weighted by Crippen LogP contribution is -2.65. The molecule has 2 N–H and O–H groups in total. The molecule has 1 fully saturated rings. The molecule has 1 aliphatic heterocycles. The van der Waals surface area contributed by atoms with Crippen molar-refractivity contribution in [2.75, 3.05) is 13.2 Å². The molecule has 5 heteroatoms. The van der Waals surface area contributed by atoms with Gasteiger partial charge in [-0.1, -0.05) is 0 Å². The van der Waals surface area contributed by atoms with Crippen LogP contribution < -0.4 is 5.32 Å². The summed E-state index contributed by atoms with van der Waals surface area (Å²) in [5.41, 5.74) is -0.152. The Bertz CT molecular complexity index is 400. The summed E-state index contributed by atoms with van der Waals surface area (Å²) in [5.74, 6) is 0.815. The van der Waals surface area contributed by atoms with Crippen molar-refractivity contribution in [1.29, 1.82) is 0 Å². The first-order valence-corrected chi connectivity index (χ1v) is 6.22. The van der Waals surface area contributed by atoms with E-state index in [1.165, 1.54) is 0 Å². The number of nitrogens with zero attached hydrogens (tertiary/aromatic N) is 1. The second kappa shape index (κ2) is 5.12. The van der Waals surface area contributed by atoms with E-state index in [-0.39, 0.29) is 24.1 Å². The highest BCUT2D eigenvalue weighted by atomic mass is 16.3. The number of carbonyl (C=O) groups excluding carboxylic acids is 1. The number of aliphatic hydroxyl groups is 1. The predicted octanol–water partition coefficient (Wildman–Crippen LogP) is 0.741. The second-order valence-electron chi connectivity index (χ2n) is 5.27. The lowest BCUT2D eigenvalue weighted by Gasteiger charge is -2.46. The van der Waals surface area contributed by atoms with Crippen LogP contribution in [-0.2, 0) is 11.3 Å². The molecule has 0 bridgehead atoms. The van der Waals surface area contributed by atoms with E-state index >= 15 is 0 Å². The second-order valence-corrected chi connectivity index (χ2v) is 5.27. The Labute approximate surface area is 107 Å². The largest absolute Gasteiger partial charge is 0.468 e. The van der Waals surface area contributed by atoms with Crippen molar-refractivity contribution in [3.8, 4) is 0 Å². The monoisotopic (exact) mass is 252 g/mol. The van der Waals surface area contributed by atoms with Gasteiger partial charge in [-0.15, -0.1) is 0 Å². The molecule has 5 nitrogen and oxygen atoms in total. The fraction of sp³-hybridized carbons (Fsp3) is 0.615. The topological polar surface area (TPSA) is 65.7 Å². The van der Waals surface area contributed by atoms with Gasteiger partial charge in [0.15, 0.2) is 0 Å². The maximum atomic E-state index is 11.9. The van der Waals surface area contributed by atoms with Gasteiger partial charge < -0.3 is 14.8 Å². The lowest BCUT2D eigenvalue weighted by molar-refractivity contribution is -0.136. The fourth-order valence-corrected chi connectivity index (χ4v) is 2.39. The molecule has 0 radical (unpaired) electrons. The van der Waals surface area contributed by atoms with Gasteiger partial charge in [0.05, 0.1) is 18.8 Å². The zero-order chi connectivity index (χ0) is 13.2. The van der Waals surface area contributed by atoms with Gasteiger partial charge in [-0.2, -0.15) is 0 Å². The van der Waals surface area contributed by atoms with Gasteiger partial charge in [0.25, 0.3) is 0 Å². The summed E-state index contributed by atoms with van der Waals surface area (Å²) in [6.45, 7) is 5.36. The van der Waals surface area contributed by atoms with Crippen LogP contribution in [0, 0.1) is 0 Å². The van der Waals surface area contributed by atoms with Crippen molar-refractivity contribution in [2.24, 2.45) is 0 Å². The molecule has 0 aromatic carbocycles. The summed E-state index contributed by atoms with van der Waals surface area (Å²) in [5, 5.41) is 12.0. The Morgan fingerprint density at radius 3 is 3.00 bits per heavy atom. The molecule has 0 aliphatic carbocycles. The molecule has 1 saturated heterocycles. The minimum absolute atomic E-state index is 0.00280. The SMILES string of the molecule is CC1(C)CNC(=O)C(CCO)N1Cc1ccco1. The van der Waals surface area contributed by atoms with Crippen LogP contribution in [0.5, 0.6) is 0 Å². The number of hydrogen-bond donors (Lipinski definition) is 2.